The number of hydrogen-bond donors (Lipinski definition) is 0. The Balaban J connectivity index is 1.87. The van der Waals surface area contributed by atoms with Crippen LogP contribution in [0.5, 0.6) is 0 Å². The number of ketones is 1. The highest BCUT2D eigenvalue weighted by Gasteiger charge is 2.19. The molecule has 1 saturated carbocycles. The summed E-state index contributed by atoms with van der Waals surface area (Å²) in [6.45, 7) is 2.40. The Bertz CT molecular complexity index is 629. The lowest BCUT2D eigenvalue weighted by Crippen LogP contribution is -2.10. The summed E-state index contributed by atoms with van der Waals surface area (Å²) in [7, 11) is 0. The summed E-state index contributed by atoms with van der Waals surface area (Å²) >= 11 is 1.91. The molecule has 0 saturated heterocycles. The smallest absolute Gasteiger partial charge is 0.169 e. The van der Waals surface area contributed by atoms with Crippen LogP contribution in [0.2, 0.25) is 0 Å². The molecule has 0 aliphatic heterocycles. The monoisotopic (exact) mass is 302 g/mol. The number of hydrogen-bond acceptors (Lipinski definition) is 3. The van der Waals surface area contributed by atoms with E-state index in [0.29, 0.717) is 11.7 Å². The second-order valence-electron chi connectivity index (χ2n) is 5.86. The number of benzene rings is 1. The largest absolute Gasteiger partial charge is 0.318 e. The van der Waals surface area contributed by atoms with Crippen molar-refractivity contribution in [3.05, 3.63) is 24.3 Å². The Morgan fingerprint density at radius 2 is 2.05 bits per heavy atom. The summed E-state index contributed by atoms with van der Waals surface area (Å²) in [5, 5.41) is 1.77. The van der Waals surface area contributed by atoms with Gasteiger partial charge in [-0.05, 0) is 31.9 Å². The third-order valence-electron chi connectivity index (χ3n) is 4.13. The number of thioether (sulfide) groups is 1. The molecule has 0 unspecified atom stereocenters. The Labute approximate surface area is 130 Å². The number of Topliss-reactive ketones (excluding diaryl/α,β-unsaturated/α-hetero) is 1. The fraction of sp³-hybridized carbons (Fsp3) is 0.529. The van der Waals surface area contributed by atoms with E-state index in [1.165, 1.54) is 32.1 Å². The molecule has 3 rings (SSSR count). The first-order chi connectivity index (χ1) is 10.2. The molecular formula is C17H22N2OS. The second kappa shape index (κ2) is 6.65. The molecule has 0 N–H and O–H groups in total. The van der Waals surface area contributed by atoms with Crippen molar-refractivity contribution in [2.45, 2.75) is 62.4 Å². The predicted octanol–water partition coefficient (Wildman–Crippen LogP) is 4.44. The molecule has 0 bridgehead atoms. The van der Waals surface area contributed by atoms with E-state index in [-0.39, 0.29) is 5.78 Å². The maximum Gasteiger partial charge on any atom is 0.169 e. The van der Waals surface area contributed by atoms with E-state index >= 15 is 0 Å². The van der Waals surface area contributed by atoms with Crippen LogP contribution in [0.25, 0.3) is 11.0 Å². The van der Waals surface area contributed by atoms with E-state index in [0.717, 1.165) is 22.7 Å². The van der Waals surface area contributed by atoms with Crippen LogP contribution in [-0.4, -0.2) is 20.6 Å². The van der Waals surface area contributed by atoms with Gasteiger partial charge in [0.05, 0.1) is 11.0 Å². The van der Waals surface area contributed by atoms with Crippen molar-refractivity contribution in [2.24, 2.45) is 0 Å². The van der Waals surface area contributed by atoms with E-state index < -0.39 is 0 Å². The Morgan fingerprint density at radius 3 is 2.81 bits per heavy atom. The van der Waals surface area contributed by atoms with Crippen LogP contribution in [0.3, 0.4) is 0 Å². The van der Waals surface area contributed by atoms with E-state index in [4.69, 9.17) is 4.98 Å². The molecule has 1 aromatic carbocycles. The molecule has 1 heterocycles. The summed E-state index contributed by atoms with van der Waals surface area (Å²) in [6.07, 6.45) is 7.22. The molecule has 112 valence electrons. The van der Waals surface area contributed by atoms with Crippen molar-refractivity contribution in [1.82, 2.24) is 9.55 Å². The maximum atomic E-state index is 11.3. The normalized spacial score (nSPS) is 16.4. The summed E-state index contributed by atoms with van der Waals surface area (Å²) in [5.41, 5.74) is 2.19. The summed E-state index contributed by atoms with van der Waals surface area (Å²) in [6, 6.07) is 8.24. The van der Waals surface area contributed by atoms with Crippen LogP contribution in [0.4, 0.5) is 0 Å². The maximum absolute atomic E-state index is 11.3. The van der Waals surface area contributed by atoms with Gasteiger partial charge in [-0.1, -0.05) is 43.2 Å². The summed E-state index contributed by atoms with van der Waals surface area (Å²) in [5.74, 6) is 0.237. The zero-order valence-electron chi connectivity index (χ0n) is 12.5. The SMILES string of the molecule is CC(=O)CCn1c(SC2CCCCC2)nc2ccccc21. The van der Waals surface area contributed by atoms with Crippen LogP contribution in [0.1, 0.15) is 45.4 Å². The first kappa shape index (κ1) is 14.6. The average molecular weight is 302 g/mol. The molecule has 1 aliphatic rings. The molecule has 0 spiro atoms. The van der Waals surface area contributed by atoms with Crippen LogP contribution >= 0.6 is 11.8 Å². The lowest BCUT2D eigenvalue weighted by molar-refractivity contribution is -0.117. The van der Waals surface area contributed by atoms with Crippen LogP contribution in [0.15, 0.2) is 29.4 Å². The molecule has 1 aliphatic carbocycles. The Hall–Kier alpha value is -1.29. The number of aryl methyl sites for hydroxylation is 1. The van der Waals surface area contributed by atoms with Crippen molar-refractivity contribution >= 4 is 28.6 Å². The molecule has 2 aromatic rings. The minimum absolute atomic E-state index is 0.237. The first-order valence-corrected chi connectivity index (χ1v) is 8.73. The molecule has 4 heteroatoms. The topological polar surface area (TPSA) is 34.9 Å². The van der Waals surface area contributed by atoms with Crippen LogP contribution in [-0.2, 0) is 11.3 Å². The molecule has 1 aromatic heterocycles. The Morgan fingerprint density at radius 1 is 1.29 bits per heavy atom. The van der Waals surface area contributed by atoms with Crippen molar-refractivity contribution < 1.29 is 4.79 Å². The molecule has 1 fully saturated rings. The molecule has 3 nitrogen and oxygen atoms in total. The van der Waals surface area contributed by atoms with Gasteiger partial charge in [0.25, 0.3) is 0 Å². The zero-order valence-corrected chi connectivity index (χ0v) is 13.4. The number of nitrogens with zero attached hydrogens (tertiary/aromatic N) is 2. The minimum atomic E-state index is 0.237. The third-order valence-corrected chi connectivity index (χ3v) is 5.46. The fourth-order valence-corrected chi connectivity index (χ4v) is 4.30. The minimum Gasteiger partial charge on any atom is -0.318 e. The Kier molecular flexibility index (Phi) is 4.63. The van der Waals surface area contributed by atoms with Gasteiger partial charge >= 0.3 is 0 Å². The van der Waals surface area contributed by atoms with Gasteiger partial charge in [0.1, 0.15) is 5.78 Å². The van der Waals surface area contributed by atoms with Gasteiger partial charge in [0.2, 0.25) is 0 Å². The van der Waals surface area contributed by atoms with E-state index in [2.05, 4.69) is 16.7 Å². The third kappa shape index (κ3) is 3.49. The molecule has 21 heavy (non-hydrogen) atoms. The van der Waals surface area contributed by atoms with Gasteiger partial charge in [0, 0.05) is 18.2 Å². The fourth-order valence-electron chi connectivity index (χ4n) is 2.96. The van der Waals surface area contributed by atoms with E-state index in [9.17, 15) is 4.79 Å². The number of carbonyl (C=O) groups excluding carboxylic acids is 1. The van der Waals surface area contributed by atoms with Gasteiger partial charge in [-0.3, -0.25) is 4.79 Å². The molecular weight excluding hydrogens is 280 g/mol. The van der Waals surface area contributed by atoms with Gasteiger partial charge < -0.3 is 4.57 Å². The van der Waals surface area contributed by atoms with Gasteiger partial charge in [0.15, 0.2) is 5.16 Å². The highest BCUT2D eigenvalue weighted by atomic mass is 32.2. The average Bonchev–Trinajstić information content (AvgIpc) is 2.83. The lowest BCUT2D eigenvalue weighted by atomic mass is 10.0. The summed E-state index contributed by atoms with van der Waals surface area (Å²) in [4.78, 5) is 16.1. The standard InChI is InChI=1S/C17H22N2OS/c1-13(20)11-12-19-16-10-6-5-9-15(16)18-17(19)21-14-7-3-2-4-8-14/h5-6,9-10,14H,2-4,7-8,11-12H2,1H3. The van der Waals surface area contributed by atoms with E-state index in [1.54, 1.807) is 6.92 Å². The lowest BCUT2D eigenvalue weighted by Gasteiger charge is -2.20. The quantitative estimate of drug-likeness (QED) is 0.819. The van der Waals surface area contributed by atoms with Gasteiger partial charge in [-0.25, -0.2) is 4.98 Å². The van der Waals surface area contributed by atoms with E-state index in [1.807, 2.05) is 23.9 Å². The zero-order chi connectivity index (χ0) is 14.7. The highest BCUT2D eigenvalue weighted by molar-refractivity contribution is 7.99. The van der Waals surface area contributed by atoms with Gasteiger partial charge in [-0.2, -0.15) is 0 Å². The van der Waals surface area contributed by atoms with Crippen LogP contribution < -0.4 is 0 Å². The number of aromatic nitrogens is 2. The summed E-state index contributed by atoms with van der Waals surface area (Å²) < 4.78 is 2.23. The molecule has 0 radical (unpaired) electrons. The number of imidazole rings is 1. The van der Waals surface area contributed by atoms with Crippen molar-refractivity contribution in [1.29, 1.82) is 0 Å². The van der Waals surface area contributed by atoms with Crippen molar-refractivity contribution in [2.75, 3.05) is 0 Å². The van der Waals surface area contributed by atoms with Crippen molar-refractivity contribution in [3.8, 4) is 0 Å². The number of rotatable bonds is 5. The van der Waals surface area contributed by atoms with Crippen molar-refractivity contribution in [3.63, 3.8) is 0 Å². The molecule has 0 atom stereocenters. The number of para-hydroxylation sites is 2. The highest BCUT2D eigenvalue weighted by Crippen LogP contribution is 2.34. The van der Waals surface area contributed by atoms with Gasteiger partial charge in [-0.15, -0.1) is 0 Å². The first-order valence-electron chi connectivity index (χ1n) is 7.85. The predicted molar refractivity (Wildman–Crippen MR) is 87.8 cm³/mol. The molecule has 0 amide bonds. The van der Waals surface area contributed by atoms with Crippen LogP contribution in [0, 0.1) is 0 Å². The second-order valence-corrected chi connectivity index (χ2v) is 7.13. The number of carbonyl (C=O) groups is 1. The number of fused-ring (bicyclic) bond motifs is 1.